The van der Waals surface area contributed by atoms with Crippen LogP contribution < -0.4 is 5.32 Å². The van der Waals surface area contributed by atoms with Crippen molar-refractivity contribution < 1.29 is 9.21 Å². The first-order chi connectivity index (χ1) is 13.8. The minimum atomic E-state index is -0.0984. The van der Waals surface area contributed by atoms with E-state index in [4.69, 9.17) is 9.40 Å². The number of carbonyl (C=O) groups is 1. The van der Waals surface area contributed by atoms with E-state index in [2.05, 4.69) is 5.32 Å². The topological polar surface area (TPSA) is 64.5 Å². The van der Waals surface area contributed by atoms with E-state index in [0.29, 0.717) is 6.54 Å². The number of nitrogens with zero attached hydrogens (tertiary/aromatic N) is 3. The van der Waals surface area contributed by atoms with E-state index in [9.17, 15) is 4.79 Å². The molecule has 3 heterocycles. The summed E-state index contributed by atoms with van der Waals surface area (Å²) in [6.07, 6.45) is 3.64. The van der Waals surface area contributed by atoms with E-state index >= 15 is 0 Å². The molecule has 2 aromatic carbocycles. The largest absolute Gasteiger partial charge is 0.467 e. The van der Waals surface area contributed by atoms with Crippen LogP contribution >= 0.6 is 0 Å². The second-order valence-electron chi connectivity index (χ2n) is 6.59. The van der Waals surface area contributed by atoms with Gasteiger partial charge in [0.15, 0.2) is 0 Å². The highest BCUT2D eigenvalue weighted by molar-refractivity contribution is 5.83. The molecule has 6 heteroatoms. The first-order valence-electron chi connectivity index (χ1n) is 9.10. The highest BCUT2D eigenvalue weighted by Crippen LogP contribution is 2.26. The number of imidazole rings is 2. The van der Waals surface area contributed by atoms with Gasteiger partial charge in [-0.3, -0.25) is 9.20 Å². The molecule has 0 aliphatic carbocycles. The first kappa shape index (κ1) is 16.4. The van der Waals surface area contributed by atoms with Crippen LogP contribution in [0.1, 0.15) is 5.76 Å². The quantitative estimate of drug-likeness (QED) is 0.511. The van der Waals surface area contributed by atoms with Gasteiger partial charge in [0.1, 0.15) is 12.3 Å². The van der Waals surface area contributed by atoms with Crippen LogP contribution in [0.5, 0.6) is 0 Å². The van der Waals surface area contributed by atoms with Gasteiger partial charge in [0.25, 0.3) is 0 Å². The zero-order valence-electron chi connectivity index (χ0n) is 15.1. The molecule has 0 aliphatic heterocycles. The van der Waals surface area contributed by atoms with Crippen LogP contribution in [-0.4, -0.2) is 19.9 Å². The van der Waals surface area contributed by atoms with Crippen molar-refractivity contribution in [3.05, 3.63) is 85.0 Å². The molecular formula is C22H18N4O2. The number of amides is 1. The number of carbonyl (C=O) groups excluding carboxylic acids is 1. The lowest BCUT2D eigenvalue weighted by molar-refractivity contribution is -0.121. The van der Waals surface area contributed by atoms with E-state index < -0.39 is 0 Å². The van der Waals surface area contributed by atoms with Gasteiger partial charge in [-0.05, 0) is 29.8 Å². The minimum Gasteiger partial charge on any atom is -0.467 e. The van der Waals surface area contributed by atoms with Gasteiger partial charge in [-0.2, -0.15) is 0 Å². The molecule has 0 spiro atoms. The third-order valence-electron chi connectivity index (χ3n) is 4.77. The monoisotopic (exact) mass is 370 g/mol. The summed E-state index contributed by atoms with van der Waals surface area (Å²) in [7, 11) is 0. The summed E-state index contributed by atoms with van der Waals surface area (Å²) >= 11 is 0. The van der Waals surface area contributed by atoms with E-state index in [1.165, 1.54) is 0 Å². The zero-order chi connectivity index (χ0) is 18.9. The molecule has 0 saturated heterocycles. The standard InChI is InChI=1S/C22H18N4O2/c27-21(23-13-17-9-6-12-28-17)15-26-20(16-7-2-1-3-8-16)14-25-19-11-5-4-10-18(19)24-22(25)26/h1-12,14H,13,15H2,(H,23,27). The highest BCUT2D eigenvalue weighted by Gasteiger charge is 2.17. The second-order valence-corrected chi connectivity index (χ2v) is 6.59. The van der Waals surface area contributed by atoms with Gasteiger partial charge in [0, 0.05) is 6.20 Å². The lowest BCUT2D eigenvalue weighted by atomic mass is 10.2. The average Bonchev–Trinajstić information content (AvgIpc) is 3.44. The Balaban J connectivity index is 1.55. The van der Waals surface area contributed by atoms with E-state index in [1.54, 1.807) is 12.3 Å². The smallest absolute Gasteiger partial charge is 0.240 e. The van der Waals surface area contributed by atoms with Crippen LogP contribution in [0, 0.1) is 0 Å². The lowest BCUT2D eigenvalue weighted by Crippen LogP contribution is -2.27. The fraction of sp³-hybridized carbons (Fsp3) is 0.0909. The number of furan rings is 1. The Labute approximate surface area is 161 Å². The molecule has 6 nitrogen and oxygen atoms in total. The second kappa shape index (κ2) is 6.74. The van der Waals surface area contributed by atoms with E-state index in [0.717, 1.165) is 33.8 Å². The predicted molar refractivity (Wildman–Crippen MR) is 107 cm³/mol. The number of para-hydroxylation sites is 2. The number of nitrogens with one attached hydrogen (secondary N) is 1. The molecule has 0 bridgehead atoms. The first-order valence-corrected chi connectivity index (χ1v) is 9.10. The minimum absolute atomic E-state index is 0.0984. The Morgan fingerprint density at radius 3 is 2.64 bits per heavy atom. The molecule has 5 rings (SSSR count). The van der Waals surface area contributed by atoms with Crippen LogP contribution in [0.25, 0.3) is 28.1 Å². The maximum absolute atomic E-state index is 12.6. The molecule has 0 unspecified atom stereocenters. The Kier molecular flexibility index (Phi) is 3.94. The van der Waals surface area contributed by atoms with Crippen molar-refractivity contribution in [3.8, 4) is 11.3 Å². The van der Waals surface area contributed by atoms with Gasteiger partial charge < -0.3 is 14.3 Å². The summed E-state index contributed by atoms with van der Waals surface area (Å²) in [5, 5.41) is 2.91. The van der Waals surface area contributed by atoms with Gasteiger partial charge in [0.05, 0.1) is 29.5 Å². The van der Waals surface area contributed by atoms with Crippen molar-refractivity contribution in [2.24, 2.45) is 0 Å². The molecule has 138 valence electrons. The van der Waals surface area contributed by atoms with E-state index in [1.807, 2.05) is 75.8 Å². The fourth-order valence-electron chi connectivity index (χ4n) is 3.44. The summed E-state index contributed by atoms with van der Waals surface area (Å²) in [4.78, 5) is 17.4. The third kappa shape index (κ3) is 2.85. The number of fused-ring (bicyclic) bond motifs is 3. The van der Waals surface area contributed by atoms with Crippen LogP contribution in [0.15, 0.2) is 83.6 Å². The number of hydrogen-bond acceptors (Lipinski definition) is 3. The normalized spacial score (nSPS) is 11.3. The summed E-state index contributed by atoms with van der Waals surface area (Å²) in [6.45, 7) is 0.533. The molecule has 0 aliphatic rings. The Morgan fingerprint density at radius 1 is 1.00 bits per heavy atom. The van der Waals surface area contributed by atoms with Gasteiger partial charge in [-0.1, -0.05) is 42.5 Å². The van der Waals surface area contributed by atoms with Crippen LogP contribution in [0.4, 0.5) is 0 Å². The maximum atomic E-state index is 12.6. The number of rotatable bonds is 5. The predicted octanol–water partition coefficient (Wildman–Crippen LogP) is 3.87. The summed E-state index contributed by atoms with van der Waals surface area (Å²) in [5.74, 6) is 1.37. The molecule has 0 atom stereocenters. The van der Waals surface area contributed by atoms with E-state index in [-0.39, 0.29) is 12.5 Å². The van der Waals surface area contributed by atoms with Crippen molar-refractivity contribution in [1.82, 2.24) is 19.3 Å². The highest BCUT2D eigenvalue weighted by atomic mass is 16.3. The van der Waals surface area contributed by atoms with Crippen molar-refractivity contribution in [2.45, 2.75) is 13.1 Å². The lowest BCUT2D eigenvalue weighted by Gasteiger charge is -2.09. The molecule has 1 amide bonds. The van der Waals surface area contributed by atoms with Crippen LogP contribution in [0.2, 0.25) is 0 Å². The molecule has 0 fully saturated rings. The molecule has 28 heavy (non-hydrogen) atoms. The van der Waals surface area contributed by atoms with Crippen LogP contribution in [-0.2, 0) is 17.9 Å². The molecule has 5 aromatic rings. The molecular weight excluding hydrogens is 352 g/mol. The van der Waals surface area contributed by atoms with Gasteiger partial charge in [0.2, 0.25) is 11.7 Å². The molecule has 0 saturated carbocycles. The third-order valence-corrected chi connectivity index (χ3v) is 4.77. The molecule has 3 aromatic heterocycles. The Bertz CT molecular complexity index is 1250. The van der Waals surface area contributed by atoms with Crippen molar-refractivity contribution >= 4 is 22.7 Å². The SMILES string of the molecule is O=C(Cn1c(-c2ccccc2)cn2c3ccccc3nc12)NCc1ccco1. The summed E-state index contributed by atoms with van der Waals surface area (Å²) < 4.78 is 9.27. The average molecular weight is 370 g/mol. The van der Waals surface area contributed by atoms with Gasteiger partial charge >= 0.3 is 0 Å². The Morgan fingerprint density at radius 2 is 1.82 bits per heavy atom. The maximum Gasteiger partial charge on any atom is 0.240 e. The number of hydrogen-bond donors (Lipinski definition) is 1. The molecule has 1 N–H and O–H groups in total. The van der Waals surface area contributed by atoms with Crippen molar-refractivity contribution in [2.75, 3.05) is 0 Å². The summed E-state index contributed by atoms with van der Waals surface area (Å²) in [6, 6.07) is 21.6. The van der Waals surface area contributed by atoms with Crippen molar-refractivity contribution in [3.63, 3.8) is 0 Å². The zero-order valence-corrected chi connectivity index (χ0v) is 15.1. The van der Waals surface area contributed by atoms with Crippen LogP contribution in [0.3, 0.4) is 0 Å². The molecule has 0 radical (unpaired) electrons. The Hall–Kier alpha value is -3.80. The van der Waals surface area contributed by atoms with Gasteiger partial charge in [-0.25, -0.2) is 4.98 Å². The fourth-order valence-corrected chi connectivity index (χ4v) is 3.44. The van der Waals surface area contributed by atoms with Gasteiger partial charge in [-0.15, -0.1) is 0 Å². The van der Waals surface area contributed by atoms with Crippen molar-refractivity contribution in [1.29, 1.82) is 0 Å². The number of aromatic nitrogens is 3. The number of benzene rings is 2. The summed E-state index contributed by atoms with van der Waals surface area (Å²) in [5.41, 5.74) is 3.91.